The average Bonchev–Trinajstić information content (AvgIpc) is 0.772. The summed E-state index contributed by atoms with van der Waals surface area (Å²) in [6, 6.07) is 18.6. The van der Waals surface area contributed by atoms with Gasteiger partial charge in [0.25, 0.3) is 0 Å². The summed E-state index contributed by atoms with van der Waals surface area (Å²) >= 11 is 0. The van der Waals surface area contributed by atoms with Crippen molar-refractivity contribution in [3.8, 4) is 23.0 Å². The number of ether oxygens (including phenoxy) is 12. The third-order valence-electron chi connectivity index (χ3n) is 19.2. The van der Waals surface area contributed by atoms with Crippen molar-refractivity contribution >= 4 is 0 Å². The van der Waals surface area contributed by atoms with Gasteiger partial charge in [0.1, 0.15) is 96.4 Å². The molecule has 2 fully saturated rings. The summed E-state index contributed by atoms with van der Waals surface area (Å²) in [4.78, 5) is 0. The van der Waals surface area contributed by atoms with Crippen LogP contribution in [0.5, 0.6) is 23.0 Å². The lowest BCUT2D eigenvalue weighted by Gasteiger charge is -2.39. The van der Waals surface area contributed by atoms with Crippen LogP contribution in [0.2, 0.25) is 0 Å². The Balaban J connectivity index is 1.02. The minimum Gasteiger partial charge on any atom is -0.493 e. The zero-order valence-corrected chi connectivity index (χ0v) is 64.7. The molecule has 4 heterocycles. The summed E-state index contributed by atoms with van der Waals surface area (Å²) in [7, 11) is 0. The fourth-order valence-corrected chi connectivity index (χ4v) is 12.9. The number of benzene rings is 4. The van der Waals surface area contributed by atoms with Crippen LogP contribution in [0.1, 0.15) is 188 Å². The van der Waals surface area contributed by atoms with Gasteiger partial charge in [0, 0.05) is 25.7 Å². The van der Waals surface area contributed by atoms with Gasteiger partial charge in [-0.1, -0.05) is 156 Å². The maximum Gasteiger partial charge on any atom is 0.186 e. The first-order valence-corrected chi connectivity index (χ1v) is 37.5. The molecule has 0 saturated carbocycles. The van der Waals surface area contributed by atoms with E-state index in [0.717, 1.165) is 91.5 Å². The first-order valence-electron chi connectivity index (χ1n) is 37.5. The average molecular weight is 1480 g/mol. The molecule has 3 aliphatic rings. The predicted octanol–water partition coefficient (Wildman–Crippen LogP) is 7.17. The number of aromatic nitrogens is 6. The number of aliphatic hydroxyl groups is 8. The van der Waals surface area contributed by atoms with Crippen LogP contribution in [-0.2, 0) is 112 Å². The molecule has 6 aromatic rings. The SMILES string of the molecule is CCCOc1c2cc(C(C)(C)C)cc1Cc1cc(C(C)(C)C)cc(c1OCc1cn(CCOCCOCCO[C@@H]3O[C@H](CO)[C@H](O)[C@H](O)[C@H]3O)nn1)Cc1cc(C(C)(C)C)cc(c1OCc1cn(CCOCCOCCO[C@@H]3O[C@H](CO)[C@H](O)[C@H](O)[C@H]3O)nn1)Cc1cc(C(C)(C)C)cc(c1OCCC)C2. The minimum absolute atomic E-state index is 0.0259. The molecule has 1 aliphatic carbocycles. The molecule has 9 rings (SSSR count). The van der Waals surface area contributed by atoms with E-state index in [0.29, 0.717) is 76.6 Å². The topological polar surface area (TPSA) is 334 Å². The van der Waals surface area contributed by atoms with Gasteiger partial charge in [0.15, 0.2) is 12.6 Å². The first kappa shape index (κ1) is 83.8. The summed E-state index contributed by atoms with van der Waals surface area (Å²) < 4.78 is 77.3. The van der Waals surface area contributed by atoms with Gasteiger partial charge < -0.3 is 97.7 Å². The summed E-state index contributed by atoms with van der Waals surface area (Å²) in [6.45, 7) is 34.3. The van der Waals surface area contributed by atoms with E-state index in [9.17, 15) is 40.9 Å². The fraction of sp³-hybridized carbons (Fsp3) is 0.650. The van der Waals surface area contributed by atoms with E-state index in [-0.39, 0.29) is 87.7 Å². The zero-order valence-electron chi connectivity index (χ0n) is 64.7. The Labute approximate surface area is 624 Å². The Hall–Kier alpha value is -6.28. The molecule has 10 atom stereocenters. The van der Waals surface area contributed by atoms with Crippen molar-refractivity contribution in [3.05, 3.63) is 139 Å². The Morgan fingerprint density at radius 2 is 0.642 bits per heavy atom. The lowest BCUT2D eigenvalue weighted by molar-refractivity contribution is -0.302. The van der Waals surface area contributed by atoms with E-state index in [2.05, 4.69) is 166 Å². The monoisotopic (exact) mass is 1480 g/mol. The van der Waals surface area contributed by atoms with Gasteiger partial charge >= 0.3 is 0 Å². The molecule has 26 nitrogen and oxygen atoms in total. The molecule has 2 aromatic heterocycles. The largest absolute Gasteiger partial charge is 0.493 e. The minimum atomic E-state index is -1.53. The van der Waals surface area contributed by atoms with Crippen LogP contribution in [0.15, 0.2) is 60.9 Å². The second kappa shape index (κ2) is 37.9. The van der Waals surface area contributed by atoms with Crippen molar-refractivity contribution in [2.24, 2.45) is 0 Å². The summed E-state index contributed by atoms with van der Waals surface area (Å²) in [5, 5.41) is 98.3. The van der Waals surface area contributed by atoms with E-state index in [1.807, 2.05) is 12.4 Å². The molecule has 0 spiro atoms. The molecule has 106 heavy (non-hydrogen) atoms. The molecule has 2 saturated heterocycles. The van der Waals surface area contributed by atoms with Crippen molar-refractivity contribution in [2.45, 2.75) is 245 Å². The van der Waals surface area contributed by atoms with Crippen LogP contribution in [0, 0.1) is 0 Å². The Bertz CT molecular complexity index is 3500. The van der Waals surface area contributed by atoms with Crippen LogP contribution < -0.4 is 18.9 Å². The van der Waals surface area contributed by atoms with Crippen molar-refractivity contribution in [3.63, 3.8) is 0 Å². The Kier molecular flexibility index (Phi) is 29.9. The van der Waals surface area contributed by atoms with E-state index in [1.54, 1.807) is 9.36 Å². The van der Waals surface area contributed by atoms with Gasteiger partial charge in [-0.05, 0) is 101 Å². The van der Waals surface area contributed by atoms with Crippen molar-refractivity contribution in [2.75, 3.05) is 92.5 Å². The maximum absolute atomic E-state index is 10.3. The second-order valence-corrected chi connectivity index (χ2v) is 32.0. The molecule has 0 radical (unpaired) electrons. The zero-order chi connectivity index (χ0) is 76.7. The molecular weight excluding hydrogens is 1360 g/mol. The highest BCUT2D eigenvalue weighted by molar-refractivity contribution is 5.60. The number of rotatable bonds is 34. The summed E-state index contributed by atoms with van der Waals surface area (Å²) in [5.41, 5.74) is 13.0. The number of aliphatic hydroxyl groups excluding tert-OH is 8. The maximum atomic E-state index is 10.3. The van der Waals surface area contributed by atoms with Gasteiger partial charge in [-0.25, -0.2) is 9.36 Å². The number of hydrogen-bond donors (Lipinski definition) is 8. The Morgan fingerprint density at radius 3 is 0.915 bits per heavy atom. The molecule has 0 unspecified atom stereocenters. The molecule has 8 bridgehead atoms. The van der Waals surface area contributed by atoms with Crippen LogP contribution >= 0.6 is 0 Å². The standard InChI is InChI=1S/C80H118N6O20/c1-15-19-99-71-49-31-50-36-58(78(6,7)8)38-52(72(50)100-20-16-2)33-54-40-60(80(12,13)14)42-56(74(54)104-48-62-44-86(84-82-62)18-22-96-24-26-98-28-30-102-76-70(94)68(92)66(90)64(46-88)106-76)34-55-41-59(79(9,10)11)39-53(32-51(71)37-57(35-49)77(3,4)5)73(55)103-47-61-43-85(83-81-61)17-21-95-23-25-97-27-29-101-75-69(93)67(91)65(89)63(45-87)105-75/h35-44,63-70,75-76,87-94H,15-34,45-48H2,1-14H3/t63-,64-,65+,66+,67+,68+,69-,70-,75-,76-/m1/s1. The summed E-state index contributed by atoms with van der Waals surface area (Å²) in [6.07, 6.45) is -6.33. The van der Waals surface area contributed by atoms with Gasteiger partial charge in [-0.15, -0.1) is 10.2 Å². The highest BCUT2D eigenvalue weighted by Gasteiger charge is 2.45. The van der Waals surface area contributed by atoms with Gasteiger partial charge in [-0.3, -0.25) is 0 Å². The van der Waals surface area contributed by atoms with Crippen LogP contribution in [0.3, 0.4) is 0 Å². The molecule has 588 valence electrons. The molecule has 0 amide bonds. The van der Waals surface area contributed by atoms with Crippen LogP contribution in [0.4, 0.5) is 0 Å². The van der Waals surface area contributed by atoms with E-state index >= 15 is 0 Å². The number of nitrogens with zero attached hydrogens (tertiary/aromatic N) is 6. The molecular formula is C80H118N6O20. The molecule has 2 aliphatic heterocycles. The lowest BCUT2D eigenvalue weighted by atomic mass is 9.79. The number of fused-ring (bicyclic) bond motifs is 8. The summed E-state index contributed by atoms with van der Waals surface area (Å²) in [5.74, 6) is 3.17. The van der Waals surface area contributed by atoms with Crippen molar-refractivity contribution < 1.29 is 97.7 Å². The third-order valence-corrected chi connectivity index (χ3v) is 19.2. The molecule has 8 N–H and O–H groups in total. The van der Waals surface area contributed by atoms with E-state index in [4.69, 9.17) is 56.8 Å². The molecule has 26 heteroatoms. The molecule has 4 aromatic carbocycles. The van der Waals surface area contributed by atoms with E-state index in [1.165, 1.54) is 11.1 Å². The highest BCUT2D eigenvalue weighted by atomic mass is 16.7. The second-order valence-electron chi connectivity index (χ2n) is 32.0. The Morgan fingerprint density at radius 1 is 0.368 bits per heavy atom. The van der Waals surface area contributed by atoms with Crippen molar-refractivity contribution in [1.29, 1.82) is 0 Å². The van der Waals surface area contributed by atoms with Crippen LogP contribution in [0.25, 0.3) is 0 Å². The first-order chi connectivity index (χ1) is 50.4. The van der Waals surface area contributed by atoms with E-state index < -0.39 is 74.6 Å². The van der Waals surface area contributed by atoms with Gasteiger partial charge in [0.2, 0.25) is 0 Å². The van der Waals surface area contributed by atoms with Gasteiger partial charge in [0.05, 0.1) is 118 Å². The smallest absolute Gasteiger partial charge is 0.186 e. The predicted molar refractivity (Wildman–Crippen MR) is 395 cm³/mol. The fourth-order valence-electron chi connectivity index (χ4n) is 12.9. The lowest BCUT2D eigenvalue weighted by Crippen LogP contribution is -2.59. The normalized spacial score (nSPS) is 21.7. The third kappa shape index (κ3) is 22.5. The van der Waals surface area contributed by atoms with Crippen molar-refractivity contribution in [1.82, 2.24) is 30.0 Å². The van der Waals surface area contributed by atoms with Crippen LogP contribution in [-0.4, -0.2) is 225 Å². The van der Waals surface area contributed by atoms with Gasteiger partial charge in [-0.2, -0.15) is 0 Å². The number of hydrogen-bond acceptors (Lipinski definition) is 24. The quantitative estimate of drug-likeness (QED) is 0.0185. The highest BCUT2D eigenvalue weighted by Crippen LogP contribution is 2.45.